The van der Waals surface area contributed by atoms with Gasteiger partial charge in [0.1, 0.15) is 0 Å². The molecule has 2 rings (SSSR count). The highest BCUT2D eigenvalue weighted by atomic mass is 35.5. The number of halogens is 1. The third-order valence-corrected chi connectivity index (χ3v) is 2.87. The molecule has 5 heteroatoms. The lowest BCUT2D eigenvalue weighted by Crippen LogP contribution is -2.42. The smallest absolute Gasteiger partial charge is 0.191 e. The first-order valence-electron chi connectivity index (χ1n) is 5.71. The van der Waals surface area contributed by atoms with Gasteiger partial charge in [0.05, 0.1) is 6.10 Å². The summed E-state index contributed by atoms with van der Waals surface area (Å²) in [4.78, 5) is 4.27. The van der Waals surface area contributed by atoms with Crippen molar-refractivity contribution in [2.45, 2.75) is 12.5 Å². The minimum atomic E-state index is -0.557. The van der Waals surface area contributed by atoms with Crippen LogP contribution in [0.2, 0.25) is 5.02 Å². The van der Waals surface area contributed by atoms with Crippen molar-refractivity contribution in [3.05, 3.63) is 34.9 Å². The van der Waals surface area contributed by atoms with Gasteiger partial charge in [0.25, 0.3) is 0 Å². The van der Waals surface area contributed by atoms with Crippen molar-refractivity contribution in [1.82, 2.24) is 10.6 Å². The fraction of sp³-hybridized carbons (Fsp3) is 0.417. The van der Waals surface area contributed by atoms with Crippen LogP contribution in [-0.2, 0) is 0 Å². The fourth-order valence-corrected chi connectivity index (χ4v) is 1.77. The number of rotatable bonds is 3. The van der Waals surface area contributed by atoms with Gasteiger partial charge in [-0.25, -0.2) is 0 Å². The summed E-state index contributed by atoms with van der Waals surface area (Å²) in [6.07, 6.45) is 0.504. The van der Waals surface area contributed by atoms with Gasteiger partial charge in [0, 0.05) is 24.7 Å². The van der Waals surface area contributed by atoms with Crippen molar-refractivity contribution in [2.75, 3.05) is 19.6 Å². The van der Waals surface area contributed by atoms with E-state index < -0.39 is 6.10 Å². The first kappa shape index (κ1) is 12.2. The molecular weight excluding hydrogens is 238 g/mol. The molecule has 1 aliphatic heterocycles. The second-order valence-corrected chi connectivity index (χ2v) is 4.40. The minimum Gasteiger partial charge on any atom is -0.387 e. The maximum absolute atomic E-state index is 9.95. The van der Waals surface area contributed by atoms with Crippen molar-refractivity contribution in [3.8, 4) is 0 Å². The molecule has 1 heterocycles. The third-order valence-electron chi connectivity index (χ3n) is 2.61. The summed E-state index contributed by atoms with van der Waals surface area (Å²) >= 11 is 5.79. The summed E-state index contributed by atoms with van der Waals surface area (Å²) in [6.45, 7) is 2.21. The van der Waals surface area contributed by atoms with Crippen LogP contribution in [0.5, 0.6) is 0 Å². The molecule has 0 radical (unpaired) electrons. The van der Waals surface area contributed by atoms with Crippen LogP contribution in [-0.4, -0.2) is 30.7 Å². The molecule has 0 bridgehead atoms. The molecular formula is C12H16ClN3O. The van der Waals surface area contributed by atoms with Gasteiger partial charge in [-0.05, 0) is 24.1 Å². The van der Waals surface area contributed by atoms with Crippen LogP contribution in [0.3, 0.4) is 0 Å². The molecule has 92 valence electrons. The molecule has 0 amide bonds. The Balaban J connectivity index is 1.86. The molecule has 3 N–H and O–H groups in total. The van der Waals surface area contributed by atoms with Gasteiger partial charge in [0.2, 0.25) is 0 Å². The second-order valence-electron chi connectivity index (χ2n) is 3.96. The number of hydrogen-bond donors (Lipinski definition) is 3. The van der Waals surface area contributed by atoms with Gasteiger partial charge < -0.3 is 15.7 Å². The largest absolute Gasteiger partial charge is 0.387 e. The zero-order valence-electron chi connectivity index (χ0n) is 9.49. The summed E-state index contributed by atoms with van der Waals surface area (Å²) in [5.74, 6) is 0.768. The highest BCUT2D eigenvalue weighted by Crippen LogP contribution is 2.15. The number of nitrogens with one attached hydrogen (secondary N) is 2. The Morgan fingerprint density at radius 2 is 2.18 bits per heavy atom. The molecule has 1 unspecified atom stereocenters. The van der Waals surface area contributed by atoms with Crippen LogP contribution in [0, 0.1) is 0 Å². The Kier molecular flexibility index (Phi) is 4.23. The quantitative estimate of drug-likeness (QED) is 0.761. The monoisotopic (exact) mass is 253 g/mol. The zero-order chi connectivity index (χ0) is 12.1. The Hall–Kier alpha value is -1.26. The lowest BCUT2D eigenvalue weighted by molar-refractivity contribution is 0.181. The SMILES string of the molecule is OC(CNC1=NCCCN1)c1ccc(Cl)cc1. The van der Waals surface area contributed by atoms with E-state index in [0.29, 0.717) is 11.6 Å². The van der Waals surface area contributed by atoms with Gasteiger partial charge in [-0.15, -0.1) is 0 Å². The molecule has 1 aliphatic rings. The first-order chi connectivity index (χ1) is 8.25. The Labute approximate surface area is 106 Å². The van der Waals surface area contributed by atoms with Gasteiger partial charge in [-0.3, -0.25) is 4.99 Å². The van der Waals surface area contributed by atoms with Crippen LogP contribution in [0.25, 0.3) is 0 Å². The van der Waals surface area contributed by atoms with E-state index in [1.807, 2.05) is 12.1 Å². The van der Waals surface area contributed by atoms with E-state index >= 15 is 0 Å². The number of aliphatic imine (C=N–C) groups is 1. The number of guanidine groups is 1. The van der Waals surface area contributed by atoms with Crippen LogP contribution < -0.4 is 10.6 Å². The van der Waals surface area contributed by atoms with E-state index in [9.17, 15) is 5.11 Å². The summed E-state index contributed by atoms with van der Waals surface area (Å²) in [5, 5.41) is 16.9. The van der Waals surface area contributed by atoms with Crippen LogP contribution in [0.1, 0.15) is 18.1 Å². The van der Waals surface area contributed by atoms with Gasteiger partial charge >= 0.3 is 0 Å². The molecule has 0 spiro atoms. The molecule has 0 aromatic heterocycles. The van der Waals surface area contributed by atoms with Crippen molar-refractivity contribution in [3.63, 3.8) is 0 Å². The molecule has 1 aromatic rings. The lowest BCUT2D eigenvalue weighted by atomic mass is 10.1. The van der Waals surface area contributed by atoms with Crippen LogP contribution >= 0.6 is 11.6 Å². The predicted octanol–water partition coefficient (Wildman–Crippen LogP) is 1.31. The number of hydrogen-bond acceptors (Lipinski definition) is 4. The fourth-order valence-electron chi connectivity index (χ4n) is 1.65. The van der Waals surface area contributed by atoms with Crippen molar-refractivity contribution >= 4 is 17.6 Å². The van der Waals surface area contributed by atoms with Gasteiger partial charge in [0.15, 0.2) is 5.96 Å². The minimum absolute atomic E-state index is 0.438. The molecule has 1 atom stereocenters. The van der Waals surface area contributed by atoms with E-state index in [1.54, 1.807) is 12.1 Å². The molecule has 0 saturated heterocycles. The molecule has 0 aliphatic carbocycles. The Morgan fingerprint density at radius 1 is 1.41 bits per heavy atom. The average molecular weight is 254 g/mol. The van der Waals surface area contributed by atoms with Crippen molar-refractivity contribution in [1.29, 1.82) is 0 Å². The Bertz CT molecular complexity index is 391. The van der Waals surface area contributed by atoms with E-state index in [4.69, 9.17) is 11.6 Å². The van der Waals surface area contributed by atoms with E-state index in [0.717, 1.165) is 31.0 Å². The van der Waals surface area contributed by atoms with Gasteiger partial charge in [-0.1, -0.05) is 23.7 Å². The maximum Gasteiger partial charge on any atom is 0.191 e. The van der Waals surface area contributed by atoms with E-state index in [-0.39, 0.29) is 0 Å². The van der Waals surface area contributed by atoms with Crippen molar-refractivity contribution < 1.29 is 5.11 Å². The summed E-state index contributed by atoms with van der Waals surface area (Å²) in [6, 6.07) is 7.20. The number of nitrogens with zero attached hydrogens (tertiary/aromatic N) is 1. The molecule has 1 aromatic carbocycles. The average Bonchev–Trinajstić information content (AvgIpc) is 2.38. The Morgan fingerprint density at radius 3 is 2.82 bits per heavy atom. The molecule has 0 saturated carbocycles. The predicted molar refractivity (Wildman–Crippen MR) is 69.3 cm³/mol. The van der Waals surface area contributed by atoms with Crippen LogP contribution in [0.15, 0.2) is 29.3 Å². The van der Waals surface area contributed by atoms with Crippen molar-refractivity contribution in [2.24, 2.45) is 4.99 Å². The summed E-state index contributed by atoms with van der Waals surface area (Å²) < 4.78 is 0. The molecule has 0 fully saturated rings. The van der Waals surface area contributed by atoms with Crippen LogP contribution in [0.4, 0.5) is 0 Å². The molecule has 17 heavy (non-hydrogen) atoms. The number of benzene rings is 1. The summed E-state index contributed by atoms with van der Waals surface area (Å²) in [7, 11) is 0. The molecule has 4 nitrogen and oxygen atoms in total. The van der Waals surface area contributed by atoms with E-state index in [2.05, 4.69) is 15.6 Å². The third kappa shape index (κ3) is 3.61. The normalized spacial score (nSPS) is 16.9. The topological polar surface area (TPSA) is 56.6 Å². The zero-order valence-corrected chi connectivity index (χ0v) is 10.2. The lowest BCUT2D eigenvalue weighted by Gasteiger charge is -2.18. The number of aliphatic hydroxyl groups is 1. The second kappa shape index (κ2) is 5.89. The number of aliphatic hydroxyl groups excluding tert-OH is 1. The summed E-state index contributed by atoms with van der Waals surface area (Å²) in [5.41, 5.74) is 0.846. The first-order valence-corrected chi connectivity index (χ1v) is 6.09. The highest BCUT2D eigenvalue weighted by Gasteiger charge is 2.09. The standard InChI is InChI=1S/C12H16ClN3O/c13-10-4-2-9(3-5-10)11(17)8-16-12-14-6-1-7-15-12/h2-5,11,17H,1,6-8H2,(H2,14,15,16). The maximum atomic E-state index is 9.95. The highest BCUT2D eigenvalue weighted by molar-refractivity contribution is 6.30. The van der Waals surface area contributed by atoms with Gasteiger partial charge in [-0.2, -0.15) is 0 Å². The van der Waals surface area contributed by atoms with E-state index in [1.165, 1.54) is 0 Å².